The fourth-order valence-corrected chi connectivity index (χ4v) is 2.20. The van der Waals surface area contributed by atoms with Gasteiger partial charge in [0.1, 0.15) is 11.4 Å². The molecule has 1 aromatic heterocycles. The summed E-state index contributed by atoms with van der Waals surface area (Å²) in [7, 11) is 4.79. The number of methoxy groups -OCH3 is 3. The minimum absolute atomic E-state index is 0.617. The van der Waals surface area contributed by atoms with Crippen LogP contribution in [0.15, 0.2) is 16.6 Å². The zero-order valence-electron chi connectivity index (χ0n) is 11.2. The Hall–Kier alpha value is -1.69. The van der Waals surface area contributed by atoms with Crippen molar-refractivity contribution in [1.29, 1.82) is 0 Å². The van der Waals surface area contributed by atoms with Crippen molar-refractivity contribution in [2.75, 3.05) is 21.3 Å². The molecule has 0 spiro atoms. The third-order valence-corrected chi connectivity index (χ3v) is 3.80. The highest BCUT2D eigenvalue weighted by molar-refractivity contribution is 9.10. The SMILES string of the molecule is COc1cc(OC)c(-c2n[nH]c(C)c2Br)cc1OC. The summed E-state index contributed by atoms with van der Waals surface area (Å²) in [4.78, 5) is 0. The maximum atomic E-state index is 5.40. The maximum absolute atomic E-state index is 5.40. The zero-order chi connectivity index (χ0) is 14.0. The molecule has 0 fully saturated rings. The smallest absolute Gasteiger partial charge is 0.164 e. The van der Waals surface area contributed by atoms with Gasteiger partial charge in [-0.15, -0.1) is 0 Å². The number of aryl methyl sites for hydroxylation is 1. The Kier molecular flexibility index (Phi) is 3.99. The second kappa shape index (κ2) is 5.52. The number of aromatic nitrogens is 2. The van der Waals surface area contributed by atoms with Crippen LogP contribution in [0.1, 0.15) is 5.69 Å². The summed E-state index contributed by atoms with van der Waals surface area (Å²) in [5, 5.41) is 7.21. The number of nitrogens with zero attached hydrogens (tertiary/aromatic N) is 1. The van der Waals surface area contributed by atoms with Gasteiger partial charge in [-0.25, -0.2) is 0 Å². The third-order valence-electron chi connectivity index (χ3n) is 2.83. The van der Waals surface area contributed by atoms with Crippen LogP contribution in [0.3, 0.4) is 0 Å². The van der Waals surface area contributed by atoms with Crippen molar-refractivity contribution in [1.82, 2.24) is 10.2 Å². The van der Waals surface area contributed by atoms with E-state index in [2.05, 4.69) is 26.1 Å². The number of H-pyrrole nitrogens is 1. The first-order valence-electron chi connectivity index (χ1n) is 5.63. The van der Waals surface area contributed by atoms with Crippen LogP contribution in [-0.2, 0) is 0 Å². The molecule has 0 bridgehead atoms. The molecule has 0 aliphatic rings. The number of hydrogen-bond donors (Lipinski definition) is 1. The van der Waals surface area contributed by atoms with Crippen molar-refractivity contribution >= 4 is 15.9 Å². The Labute approximate surface area is 120 Å². The summed E-state index contributed by atoms with van der Waals surface area (Å²) < 4.78 is 16.9. The van der Waals surface area contributed by atoms with Gasteiger partial charge in [-0.3, -0.25) is 5.10 Å². The molecule has 2 rings (SSSR count). The summed E-state index contributed by atoms with van der Waals surface area (Å²) in [6, 6.07) is 3.63. The lowest BCUT2D eigenvalue weighted by atomic mass is 10.1. The largest absolute Gasteiger partial charge is 0.496 e. The van der Waals surface area contributed by atoms with E-state index in [4.69, 9.17) is 14.2 Å². The molecule has 2 aromatic rings. The first-order valence-corrected chi connectivity index (χ1v) is 6.42. The average molecular weight is 327 g/mol. The second-order valence-electron chi connectivity index (χ2n) is 3.92. The van der Waals surface area contributed by atoms with Crippen LogP contribution >= 0.6 is 15.9 Å². The van der Waals surface area contributed by atoms with Crippen molar-refractivity contribution in [3.63, 3.8) is 0 Å². The van der Waals surface area contributed by atoms with E-state index in [-0.39, 0.29) is 0 Å². The fourth-order valence-electron chi connectivity index (χ4n) is 1.81. The van der Waals surface area contributed by atoms with E-state index in [1.54, 1.807) is 27.4 Å². The van der Waals surface area contributed by atoms with Crippen LogP contribution in [0.5, 0.6) is 17.2 Å². The number of hydrogen-bond acceptors (Lipinski definition) is 4. The maximum Gasteiger partial charge on any atom is 0.164 e. The quantitative estimate of drug-likeness (QED) is 0.937. The van der Waals surface area contributed by atoms with Crippen LogP contribution < -0.4 is 14.2 Å². The molecule has 0 atom stereocenters. The highest BCUT2D eigenvalue weighted by atomic mass is 79.9. The standard InChI is InChI=1S/C13H15BrN2O3/c1-7-12(14)13(16-15-7)8-5-10(18-3)11(19-4)6-9(8)17-2/h5-6H,1-4H3,(H,15,16). The first kappa shape index (κ1) is 13.7. The molecule has 6 heteroatoms. The van der Waals surface area contributed by atoms with E-state index in [0.717, 1.165) is 21.4 Å². The van der Waals surface area contributed by atoms with Gasteiger partial charge in [0.25, 0.3) is 0 Å². The predicted octanol–water partition coefficient (Wildman–Crippen LogP) is 3.17. The van der Waals surface area contributed by atoms with Crippen molar-refractivity contribution in [3.8, 4) is 28.5 Å². The zero-order valence-corrected chi connectivity index (χ0v) is 12.8. The summed E-state index contributed by atoms with van der Waals surface area (Å²) >= 11 is 3.51. The van der Waals surface area contributed by atoms with E-state index < -0.39 is 0 Å². The molecule has 0 saturated heterocycles. The Bertz CT molecular complexity index is 596. The highest BCUT2D eigenvalue weighted by Gasteiger charge is 2.18. The number of halogens is 1. The molecule has 1 heterocycles. The Morgan fingerprint density at radius 2 is 1.58 bits per heavy atom. The summed E-state index contributed by atoms with van der Waals surface area (Å²) in [5.41, 5.74) is 2.55. The van der Waals surface area contributed by atoms with Gasteiger partial charge in [-0.05, 0) is 28.9 Å². The van der Waals surface area contributed by atoms with Gasteiger partial charge >= 0.3 is 0 Å². The predicted molar refractivity (Wildman–Crippen MR) is 76.1 cm³/mol. The van der Waals surface area contributed by atoms with E-state index in [9.17, 15) is 0 Å². The molecule has 19 heavy (non-hydrogen) atoms. The van der Waals surface area contributed by atoms with Crippen molar-refractivity contribution in [3.05, 3.63) is 22.3 Å². The minimum atomic E-state index is 0.617. The Morgan fingerprint density at radius 1 is 1.00 bits per heavy atom. The molecule has 0 amide bonds. The second-order valence-corrected chi connectivity index (χ2v) is 4.71. The number of rotatable bonds is 4. The van der Waals surface area contributed by atoms with E-state index >= 15 is 0 Å². The minimum Gasteiger partial charge on any atom is -0.496 e. The molecule has 0 unspecified atom stereocenters. The number of aromatic amines is 1. The van der Waals surface area contributed by atoms with Gasteiger partial charge in [0.05, 0.1) is 25.8 Å². The molecule has 0 aliphatic carbocycles. The van der Waals surface area contributed by atoms with Crippen LogP contribution in [0, 0.1) is 6.92 Å². The lowest BCUT2D eigenvalue weighted by molar-refractivity contribution is 0.349. The molecular formula is C13H15BrN2O3. The highest BCUT2D eigenvalue weighted by Crippen LogP contribution is 2.41. The van der Waals surface area contributed by atoms with Gasteiger partial charge < -0.3 is 14.2 Å². The molecule has 1 aromatic carbocycles. The first-order chi connectivity index (χ1) is 9.12. The molecule has 5 nitrogen and oxygen atoms in total. The lowest BCUT2D eigenvalue weighted by Crippen LogP contribution is -1.95. The average Bonchev–Trinajstić information content (AvgIpc) is 2.77. The molecular weight excluding hydrogens is 312 g/mol. The van der Waals surface area contributed by atoms with E-state index in [1.165, 1.54) is 0 Å². The molecule has 102 valence electrons. The summed E-state index contributed by atoms with van der Waals surface area (Å²) in [5.74, 6) is 1.92. The van der Waals surface area contributed by atoms with Gasteiger partial charge in [0.15, 0.2) is 11.5 Å². The number of nitrogens with one attached hydrogen (secondary N) is 1. The number of ether oxygens (including phenoxy) is 3. The summed E-state index contributed by atoms with van der Waals surface area (Å²) in [6.45, 7) is 1.94. The molecule has 1 N–H and O–H groups in total. The third kappa shape index (κ3) is 2.40. The molecule has 0 radical (unpaired) electrons. The van der Waals surface area contributed by atoms with E-state index in [1.807, 2.05) is 13.0 Å². The van der Waals surface area contributed by atoms with Crippen molar-refractivity contribution < 1.29 is 14.2 Å². The van der Waals surface area contributed by atoms with Crippen LogP contribution in [-0.4, -0.2) is 31.5 Å². The monoisotopic (exact) mass is 326 g/mol. The molecule has 0 saturated carbocycles. The number of benzene rings is 1. The lowest BCUT2D eigenvalue weighted by Gasteiger charge is -2.13. The van der Waals surface area contributed by atoms with Gasteiger partial charge in [-0.2, -0.15) is 5.10 Å². The molecule has 0 aliphatic heterocycles. The fraction of sp³-hybridized carbons (Fsp3) is 0.308. The van der Waals surface area contributed by atoms with Crippen molar-refractivity contribution in [2.24, 2.45) is 0 Å². The topological polar surface area (TPSA) is 56.4 Å². The van der Waals surface area contributed by atoms with Gasteiger partial charge in [-0.1, -0.05) is 0 Å². The van der Waals surface area contributed by atoms with Gasteiger partial charge in [0.2, 0.25) is 0 Å². The summed E-state index contributed by atoms with van der Waals surface area (Å²) in [6.07, 6.45) is 0. The van der Waals surface area contributed by atoms with Crippen LogP contribution in [0.4, 0.5) is 0 Å². The van der Waals surface area contributed by atoms with Gasteiger partial charge in [0, 0.05) is 17.3 Å². The van der Waals surface area contributed by atoms with E-state index in [0.29, 0.717) is 17.2 Å². The van der Waals surface area contributed by atoms with Crippen LogP contribution in [0.2, 0.25) is 0 Å². The Balaban J connectivity index is 2.65. The Morgan fingerprint density at radius 3 is 2.05 bits per heavy atom. The van der Waals surface area contributed by atoms with Crippen LogP contribution in [0.25, 0.3) is 11.3 Å². The van der Waals surface area contributed by atoms with Crippen molar-refractivity contribution in [2.45, 2.75) is 6.92 Å². The normalized spacial score (nSPS) is 10.4.